The van der Waals surface area contributed by atoms with E-state index in [9.17, 15) is 14.4 Å². The summed E-state index contributed by atoms with van der Waals surface area (Å²) < 4.78 is 33.5. The molecule has 4 rings (SSSR count). The van der Waals surface area contributed by atoms with Crippen LogP contribution in [-0.4, -0.2) is 75.5 Å². The van der Waals surface area contributed by atoms with Crippen molar-refractivity contribution in [2.45, 2.75) is 59.1 Å². The van der Waals surface area contributed by atoms with Crippen LogP contribution in [0.5, 0.6) is 11.8 Å². The van der Waals surface area contributed by atoms with Gasteiger partial charge in [-0.25, -0.2) is 9.59 Å². The molecule has 216 valence electrons. The lowest BCUT2D eigenvalue weighted by Crippen LogP contribution is -2.55. The number of aryl methyl sites for hydroxylation is 1. The van der Waals surface area contributed by atoms with Crippen LogP contribution < -0.4 is 26.0 Å². The zero-order valence-electron chi connectivity index (χ0n) is 23.8. The highest BCUT2D eigenvalue weighted by Crippen LogP contribution is 2.32. The van der Waals surface area contributed by atoms with Gasteiger partial charge >= 0.3 is 11.8 Å². The average Bonchev–Trinajstić information content (AvgIpc) is 2.88. The Morgan fingerprint density at radius 1 is 1.25 bits per heavy atom. The normalized spacial score (nSPS) is 15.9. The minimum atomic E-state index is -0.988. The van der Waals surface area contributed by atoms with Crippen molar-refractivity contribution in [1.82, 2.24) is 29.7 Å². The number of hydrogen-bond acceptors (Lipinski definition) is 9. The van der Waals surface area contributed by atoms with E-state index in [0.717, 1.165) is 4.57 Å². The summed E-state index contributed by atoms with van der Waals surface area (Å²) in [5.74, 6) is -1.76. The van der Waals surface area contributed by atoms with Gasteiger partial charge in [-0.05, 0) is 45.2 Å². The van der Waals surface area contributed by atoms with Crippen molar-refractivity contribution < 1.29 is 23.4 Å². The number of hydrogen-bond donors (Lipinski definition) is 2. The number of nitrogens with one attached hydrogen (secondary N) is 2. The molecule has 1 atom stereocenters. The second-order valence-electron chi connectivity index (χ2n) is 11.0. The molecule has 12 nitrogen and oxygen atoms in total. The Balaban J connectivity index is 1.78. The third-order valence-electron chi connectivity index (χ3n) is 6.37. The summed E-state index contributed by atoms with van der Waals surface area (Å²) in [5.41, 5.74) is -1.12. The van der Waals surface area contributed by atoms with E-state index >= 15 is 4.39 Å². The van der Waals surface area contributed by atoms with Gasteiger partial charge in [-0.3, -0.25) is 19.3 Å². The molecule has 1 fully saturated rings. The van der Waals surface area contributed by atoms with Crippen LogP contribution >= 0.6 is 0 Å². The first-order chi connectivity index (χ1) is 18.8. The Bertz CT molecular complexity index is 1540. The number of H-pyrrole nitrogens is 1. The number of nitrogens with zero attached hydrogens (tertiary/aromatic N) is 4. The van der Waals surface area contributed by atoms with E-state index in [0.29, 0.717) is 30.0 Å². The largest absolute Gasteiger partial charge is 0.479 e. The summed E-state index contributed by atoms with van der Waals surface area (Å²) in [6, 6.07) is 1.36. The van der Waals surface area contributed by atoms with Gasteiger partial charge in [0.25, 0.3) is 11.4 Å². The number of aromatic amines is 1. The van der Waals surface area contributed by atoms with Crippen molar-refractivity contribution in [3.05, 3.63) is 50.2 Å². The van der Waals surface area contributed by atoms with Gasteiger partial charge in [0.2, 0.25) is 11.7 Å². The summed E-state index contributed by atoms with van der Waals surface area (Å²) in [6.07, 6.45) is 1.16. The lowest BCUT2D eigenvalue weighted by Gasteiger charge is -2.34. The lowest BCUT2D eigenvalue weighted by molar-refractivity contribution is 0.0177. The van der Waals surface area contributed by atoms with E-state index in [2.05, 4.69) is 20.3 Å². The number of carbonyl (C=O) groups excluding carboxylic acids is 1. The molecule has 1 saturated heterocycles. The summed E-state index contributed by atoms with van der Waals surface area (Å²) in [7, 11) is 1.23. The Kier molecular flexibility index (Phi) is 8.15. The quantitative estimate of drug-likeness (QED) is 0.467. The van der Waals surface area contributed by atoms with E-state index in [1.165, 1.54) is 7.11 Å². The predicted octanol–water partition coefficient (Wildman–Crippen LogP) is 2.64. The molecule has 1 aliphatic rings. The minimum Gasteiger partial charge on any atom is -0.479 e. The summed E-state index contributed by atoms with van der Waals surface area (Å²) in [5, 5.41) is 3.00. The summed E-state index contributed by atoms with van der Waals surface area (Å²) >= 11 is 0. The number of ether oxygens (including phenoxy) is 3. The number of piperazine rings is 1. The monoisotopic (exact) mass is 558 g/mol. The standard InChI is InChI=1S/C27H35FN6O6/c1-14(2)19-20(15(3)8-9-30-19)34-21-17(22(35)31-25(34)36)23(32-24(38-7)18(21)28)39-13-16-12-33(11-10-29-16)26(37)40-27(4,5)6/h8-9,14,16,29H,10-13H2,1-7H3,(H,31,35,36)/t16-/m0/s1. The highest BCUT2D eigenvalue weighted by Gasteiger charge is 2.30. The molecular formula is C27H35FN6O6. The van der Waals surface area contributed by atoms with Crippen molar-refractivity contribution in [2.75, 3.05) is 33.4 Å². The highest BCUT2D eigenvalue weighted by atomic mass is 19.1. The van der Waals surface area contributed by atoms with Crippen LogP contribution in [0.2, 0.25) is 0 Å². The number of rotatable bonds is 6. The molecule has 40 heavy (non-hydrogen) atoms. The number of amides is 1. The SMILES string of the molecule is COc1nc(OC[C@@H]2CN(C(=O)OC(C)(C)C)CCN2)c2c(=O)[nH]c(=O)n(-c3c(C)ccnc3C(C)C)c2c1F. The number of pyridine rings is 2. The maximum Gasteiger partial charge on any atom is 0.410 e. The molecule has 3 aromatic heterocycles. The van der Waals surface area contributed by atoms with E-state index in [1.807, 2.05) is 13.8 Å². The number of fused-ring (bicyclic) bond motifs is 1. The minimum absolute atomic E-state index is 0.0160. The predicted molar refractivity (Wildman–Crippen MR) is 146 cm³/mol. The van der Waals surface area contributed by atoms with Crippen molar-refractivity contribution in [1.29, 1.82) is 0 Å². The van der Waals surface area contributed by atoms with Crippen LogP contribution in [0.15, 0.2) is 21.9 Å². The van der Waals surface area contributed by atoms with Crippen LogP contribution in [0.25, 0.3) is 16.6 Å². The van der Waals surface area contributed by atoms with E-state index in [-0.39, 0.29) is 41.9 Å². The molecule has 13 heteroatoms. The van der Waals surface area contributed by atoms with Crippen molar-refractivity contribution in [2.24, 2.45) is 0 Å². The Hall–Kier alpha value is -4.00. The van der Waals surface area contributed by atoms with Gasteiger partial charge in [0.1, 0.15) is 23.1 Å². The Morgan fingerprint density at radius 3 is 2.62 bits per heavy atom. The number of aromatic nitrogens is 4. The van der Waals surface area contributed by atoms with Crippen molar-refractivity contribution >= 4 is 17.0 Å². The maximum absolute atomic E-state index is 15.8. The first kappa shape index (κ1) is 29.0. The molecule has 4 heterocycles. The third-order valence-corrected chi connectivity index (χ3v) is 6.37. The highest BCUT2D eigenvalue weighted by molar-refractivity contribution is 5.86. The molecular weight excluding hydrogens is 523 g/mol. The summed E-state index contributed by atoms with van der Waals surface area (Å²) in [4.78, 5) is 51.2. The molecule has 2 N–H and O–H groups in total. The van der Waals surface area contributed by atoms with Gasteiger partial charge in [0.15, 0.2) is 0 Å². The Labute approximate surface area is 230 Å². The molecule has 0 saturated carbocycles. The molecule has 0 spiro atoms. The van der Waals surface area contributed by atoms with Crippen molar-refractivity contribution in [3.8, 4) is 17.4 Å². The van der Waals surface area contributed by atoms with Crippen LogP contribution in [0.4, 0.5) is 9.18 Å². The molecule has 0 aliphatic carbocycles. The molecule has 1 amide bonds. The van der Waals surface area contributed by atoms with Gasteiger partial charge in [-0.2, -0.15) is 9.37 Å². The van der Waals surface area contributed by atoms with Gasteiger partial charge in [-0.1, -0.05) is 13.8 Å². The van der Waals surface area contributed by atoms with Crippen molar-refractivity contribution in [3.63, 3.8) is 0 Å². The van der Waals surface area contributed by atoms with Crippen LogP contribution in [0.1, 0.15) is 51.8 Å². The zero-order chi connectivity index (χ0) is 29.4. The number of carbonyl (C=O) groups is 1. The third kappa shape index (κ3) is 5.79. The first-order valence-corrected chi connectivity index (χ1v) is 13.0. The van der Waals surface area contributed by atoms with Gasteiger partial charge < -0.3 is 24.4 Å². The fraction of sp³-hybridized carbons (Fsp3) is 0.519. The average molecular weight is 559 g/mol. The van der Waals surface area contributed by atoms with Gasteiger partial charge in [0.05, 0.1) is 24.5 Å². The van der Waals surface area contributed by atoms with Gasteiger partial charge in [-0.15, -0.1) is 0 Å². The van der Waals surface area contributed by atoms with Gasteiger partial charge in [0, 0.05) is 25.8 Å². The second-order valence-corrected chi connectivity index (χ2v) is 11.0. The lowest BCUT2D eigenvalue weighted by atomic mass is 10.0. The molecule has 0 aromatic carbocycles. The molecule has 0 unspecified atom stereocenters. The Morgan fingerprint density at radius 2 is 1.98 bits per heavy atom. The van der Waals surface area contributed by atoms with E-state index < -0.39 is 34.6 Å². The van der Waals surface area contributed by atoms with Crippen LogP contribution in [-0.2, 0) is 4.74 Å². The first-order valence-electron chi connectivity index (χ1n) is 13.0. The molecule has 0 radical (unpaired) electrons. The van der Waals surface area contributed by atoms with E-state index in [1.54, 1.807) is 44.9 Å². The zero-order valence-corrected chi connectivity index (χ0v) is 23.8. The fourth-order valence-electron chi connectivity index (χ4n) is 4.59. The fourth-order valence-corrected chi connectivity index (χ4v) is 4.59. The molecule has 3 aromatic rings. The molecule has 1 aliphatic heterocycles. The topological polar surface area (TPSA) is 141 Å². The summed E-state index contributed by atoms with van der Waals surface area (Å²) in [6.45, 7) is 12.1. The van der Waals surface area contributed by atoms with Crippen LogP contribution in [0, 0.1) is 12.7 Å². The van der Waals surface area contributed by atoms with Crippen LogP contribution in [0.3, 0.4) is 0 Å². The maximum atomic E-state index is 15.8. The molecule has 0 bridgehead atoms. The second kappa shape index (κ2) is 11.2. The smallest absolute Gasteiger partial charge is 0.410 e. The number of methoxy groups -OCH3 is 1. The number of halogens is 1. The van der Waals surface area contributed by atoms with E-state index in [4.69, 9.17) is 14.2 Å².